The van der Waals surface area contributed by atoms with Crippen molar-refractivity contribution in [1.29, 1.82) is 5.26 Å². The smallest absolute Gasteiger partial charge is 0.266 e. The molecule has 0 saturated heterocycles. The predicted molar refractivity (Wildman–Crippen MR) is 81.5 cm³/mol. The summed E-state index contributed by atoms with van der Waals surface area (Å²) in [6.07, 6.45) is 3.18. The van der Waals surface area contributed by atoms with Crippen molar-refractivity contribution in [1.82, 2.24) is 9.97 Å². The molecule has 2 heterocycles. The highest BCUT2D eigenvalue weighted by Gasteiger charge is 2.08. The van der Waals surface area contributed by atoms with Crippen molar-refractivity contribution >= 4 is 0 Å². The second kappa shape index (κ2) is 5.94. The van der Waals surface area contributed by atoms with E-state index < -0.39 is 5.56 Å². The van der Waals surface area contributed by atoms with Gasteiger partial charge in [-0.25, -0.2) is 4.98 Å². The summed E-state index contributed by atoms with van der Waals surface area (Å²) >= 11 is 0. The molecule has 22 heavy (non-hydrogen) atoms. The Morgan fingerprint density at radius 2 is 1.91 bits per heavy atom. The molecule has 0 bridgehead atoms. The monoisotopic (exact) mass is 289 g/mol. The van der Waals surface area contributed by atoms with Crippen LogP contribution in [0.4, 0.5) is 0 Å². The number of hydrogen-bond acceptors (Lipinski definition) is 4. The fourth-order valence-electron chi connectivity index (χ4n) is 2.06. The standard InChI is InChI=1S/C17H11N3O2/c18-11-15-14(8-10-20-17(15)21)12-4-6-13(7-5-12)22-16-3-1-2-9-19-16/h1-10H,(H,20,21). The number of pyridine rings is 2. The topological polar surface area (TPSA) is 78.8 Å². The molecule has 5 heteroatoms. The number of H-pyrrole nitrogens is 1. The van der Waals surface area contributed by atoms with Crippen LogP contribution in [0.3, 0.4) is 0 Å². The maximum Gasteiger partial charge on any atom is 0.266 e. The highest BCUT2D eigenvalue weighted by atomic mass is 16.5. The van der Waals surface area contributed by atoms with E-state index in [1.54, 1.807) is 42.6 Å². The van der Waals surface area contributed by atoms with E-state index in [4.69, 9.17) is 10.00 Å². The molecule has 5 nitrogen and oxygen atoms in total. The number of hydrogen-bond donors (Lipinski definition) is 1. The third-order valence-electron chi connectivity index (χ3n) is 3.10. The van der Waals surface area contributed by atoms with E-state index in [2.05, 4.69) is 9.97 Å². The Hall–Kier alpha value is -3.39. The molecule has 0 radical (unpaired) electrons. The average molecular weight is 289 g/mol. The quantitative estimate of drug-likeness (QED) is 0.803. The van der Waals surface area contributed by atoms with Crippen LogP contribution in [-0.4, -0.2) is 9.97 Å². The van der Waals surface area contributed by atoms with Gasteiger partial charge in [-0.2, -0.15) is 5.26 Å². The van der Waals surface area contributed by atoms with Crippen LogP contribution in [0, 0.1) is 11.3 Å². The van der Waals surface area contributed by atoms with Crippen LogP contribution in [0.5, 0.6) is 11.6 Å². The number of rotatable bonds is 3. The highest BCUT2D eigenvalue weighted by Crippen LogP contribution is 2.25. The Morgan fingerprint density at radius 3 is 2.59 bits per heavy atom. The van der Waals surface area contributed by atoms with E-state index in [-0.39, 0.29) is 5.56 Å². The van der Waals surface area contributed by atoms with E-state index >= 15 is 0 Å². The Kier molecular flexibility index (Phi) is 3.67. The summed E-state index contributed by atoms with van der Waals surface area (Å²) < 4.78 is 5.61. The molecule has 0 spiro atoms. The van der Waals surface area contributed by atoms with Crippen molar-refractivity contribution in [3.8, 4) is 28.8 Å². The van der Waals surface area contributed by atoms with Crippen molar-refractivity contribution < 1.29 is 4.74 Å². The second-order valence-corrected chi connectivity index (χ2v) is 4.50. The van der Waals surface area contributed by atoms with E-state index in [1.165, 1.54) is 6.20 Å². The predicted octanol–water partition coefficient (Wildman–Crippen LogP) is 3.10. The van der Waals surface area contributed by atoms with Gasteiger partial charge in [0.1, 0.15) is 17.4 Å². The number of benzene rings is 1. The van der Waals surface area contributed by atoms with Gasteiger partial charge in [-0.1, -0.05) is 18.2 Å². The second-order valence-electron chi connectivity index (χ2n) is 4.50. The molecule has 0 aliphatic heterocycles. The highest BCUT2D eigenvalue weighted by molar-refractivity contribution is 5.70. The van der Waals surface area contributed by atoms with Gasteiger partial charge in [0.05, 0.1) is 0 Å². The fraction of sp³-hybridized carbons (Fsp3) is 0. The molecular formula is C17H11N3O2. The van der Waals surface area contributed by atoms with E-state index in [9.17, 15) is 4.79 Å². The summed E-state index contributed by atoms with van der Waals surface area (Å²) in [5, 5.41) is 9.11. The lowest BCUT2D eigenvalue weighted by Gasteiger charge is -2.06. The van der Waals surface area contributed by atoms with E-state index in [0.717, 1.165) is 5.56 Å². The van der Waals surface area contributed by atoms with Crippen LogP contribution in [-0.2, 0) is 0 Å². The summed E-state index contributed by atoms with van der Waals surface area (Å²) in [7, 11) is 0. The van der Waals surface area contributed by atoms with Gasteiger partial charge in [0.15, 0.2) is 0 Å². The minimum absolute atomic E-state index is 0.0981. The number of nitrogens with zero attached hydrogens (tertiary/aromatic N) is 2. The molecule has 0 unspecified atom stereocenters. The lowest BCUT2D eigenvalue weighted by molar-refractivity contribution is 0.463. The third-order valence-corrected chi connectivity index (χ3v) is 3.10. The third kappa shape index (κ3) is 2.72. The van der Waals surface area contributed by atoms with Crippen LogP contribution in [0.2, 0.25) is 0 Å². The molecule has 1 N–H and O–H groups in total. The van der Waals surface area contributed by atoms with Gasteiger partial charge in [-0.15, -0.1) is 0 Å². The summed E-state index contributed by atoms with van der Waals surface area (Å²) in [4.78, 5) is 18.2. The van der Waals surface area contributed by atoms with Gasteiger partial charge < -0.3 is 9.72 Å². The molecule has 2 aromatic heterocycles. The Bertz CT molecular complexity index is 878. The number of nitriles is 1. The first-order valence-corrected chi connectivity index (χ1v) is 6.59. The molecule has 3 rings (SSSR count). The van der Waals surface area contributed by atoms with Gasteiger partial charge in [-0.3, -0.25) is 4.79 Å². The number of nitrogens with one attached hydrogen (secondary N) is 1. The van der Waals surface area contributed by atoms with Crippen LogP contribution < -0.4 is 10.3 Å². The largest absolute Gasteiger partial charge is 0.439 e. The fourth-order valence-corrected chi connectivity index (χ4v) is 2.06. The van der Waals surface area contributed by atoms with Crippen molar-refractivity contribution in [2.75, 3.05) is 0 Å². The molecule has 3 aromatic rings. The van der Waals surface area contributed by atoms with Crippen molar-refractivity contribution in [3.05, 3.63) is 76.8 Å². The molecule has 0 amide bonds. The molecule has 0 atom stereocenters. The Labute approximate surface area is 126 Å². The normalized spacial score (nSPS) is 9.95. The number of aromatic nitrogens is 2. The van der Waals surface area contributed by atoms with Gasteiger partial charge >= 0.3 is 0 Å². The minimum atomic E-state index is -0.395. The first-order valence-electron chi connectivity index (χ1n) is 6.59. The molecule has 0 fully saturated rings. The van der Waals surface area contributed by atoms with Crippen LogP contribution in [0.15, 0.2) is 65.7 Å². The Morgan fingerprint density at radius 1 is 1.09 bits per heavy atom. The zero-order valence-corrected chi connectivity index (χ0v) is 11.5. The lowest BCUT2D eigenvalue weighted by atomic mass is 10.0. The van der Waals surface area contributed by atoms with Gasteiger partial charge in [0, 0.05) is 24.0 Å². The zero-order chi connectivity index (χ0) is 15.4. The minimum Gasteiger partial charge on any atom is -0.439 e. The average Bonchev–Trinajstić information content (AvgIpc) is 2.56. The Balaban J connectivity index is 1.91. The first kappa shape index (κ1) is 13.6. The number of aromatic amines is 1. The molecule has 1 aromatic carbocycles. The SMILES string of the molecule is N#Cc1c(-c2ccc(Oc3ccccn3)cc2)cc[nH]c1=O. The molecule has 0 aliphatic rings. The maximum absolute atomic E-state index is 11.6. The van der Waals surface area contributed by atoms with Crippen LogP contribution >= 0.6 is 0 Å². The van der Waals surface area contributed by atoms with Gasteiger partial charge in [-0.05, 0) is 29.8 Å². The summed E-state index contributed by atoms with van der Waals surface area (Å²) in [5.74, 6) is 1.13. The summed E-state index contributed by atoms with van der Waals surface area (Å²) in [5.41, 5.74) is 1.07. The van der Waals surface area contributed by atoms with Gasteiger partial charge in [0.2, 0.25) is 5.88 Å². The maximum atomic E-state index is 11.6. The van der Waals surface area contributed by atoms with Crippen molar-refractivity contribution in [2.24, 2.45) is 0 Å². The molecular weight excluding hydrogens is 278 g/mol. The van der Waals surface area contributed by atoms with E-state index in [1.807, 2.05) is 18.2 Å². The molecule has 106 valence electrons. The lowest BCUT2D eigenvalue weighted by Crippen LogP contribution is -2.10. The van der Waals surface area contributed by atoms with Crippen molar-refractivity contribution in [2.45, 2.75) is 0 Å². The van der Waals surface area contributed by atoms with Crippen LogP contribution in [0.25, 0.3) is 11.1 Å². The van der Waals surface area contributed by atoms with Crippen LogP contribution in [0.1, 0.15) is 5.56 Å². The summed E-state index contributed by atoms with van der Waals surface area (Å²) in [6.45, 7) is 0. The zero-order valence-electron chi connectivity index (χ0n) is 11.5. The van der Waals surface area contributed by atoms with E-state index in [0.29, 0.717) is 17.2 Å². The first-order chi connectivity index (χ1) is 10.8. The molecule has 0 saturated carbocycles. The molecule has 0 aliphatic carbocycles. The van der Waals surface area contributed by atoms with Gasteiger partial charge in [0.25, 0.3) is 5.56 Å². The number of ether oxygens (including phenoxy) is 1. The van der Waals surface area contributed by atoms with Crippen molar-refractivity contribution in [3.63, 3.8) is 0 Å². The summed E-state index contributed by atoms with van der Waals surface area (Å²) in [6, 6.07) is 16.2.